The average molecular weight is 1050 g/mol. The Balaban J connectivity index is 4.08. The first kappa shape index (κ1) is 72.4. The summed E-state index contributed by atoms with van der Waals surface area (Å²) in [7, 11) is 0. The van der Waals surface area contributed by atoms with Gasteiger partial charge in [-0.2, -0.15) is 0 Å². The highest BCUT2D eigenvalue weighted by atomic mass is 16.6. The summed E-state index contributed by atoms with van der Waals surface area (Å²) in [5.41, 5.74) is 0. The van der Waals surface area contributed by atoms with Crippen LogP contribution in [0.5, 0.6) is 0 Å². The van der Waals surface area contributed by atoms with E-state index in [4.69, 9.17) is 14.2 Å². The predicted octanol–water partition coefficient (Wildman–Crippen LogP) is 22.6. The molecular weight excluding hydrogens is 925 g/mol. The second kappa shape index (κ2) is 63.9. The minimum Gasteiger partial charge on any atom is -0.462 e. The molecule has 0 aromatic carbocycles. The molecule has 0 aromatic heterocycles. The molecule has 0 aliphatic rings. The average Bonchev–Trinajstić information content (AvgIpc) is 3.41. The molecule has 0 bridgehead atoms. The van der Waals surface area contributed by atoms with Crippen LogP contribution in [-0.4, -0.2) is 37.2 Å². The van der Waals surface area contributed by atoms with Crippen LogP contribution in [0.3, 0.4) is 0 Å². The zero-order valence-electron chi connectivity index (χ0n) is 50.3. The number of allylic oxidation sites excluding steroid dienone is 8. The molecule has 0 aromatic rings. The minimum absolute atomic E-state index is 0.0702. The van der Waals surface area contributed by atoms with Gasteiger partial charge in [0.2, 0.25) is 0 Å². The molecule has 1 atom stereocenters. The van der Waals surface area contributed by atoms with Crippen LogP contribution in [0.25, 0.3) is 0 Å². The lowest BCUT2D eigenvalue weighted by molar-refractivity contribution is -0.167. The van der Waals surface area contributed by atoms with E-state index < -0.39 is 6.10 Å². The van der Waals surface area contributed by atoms with E-state index in [1.54, 1.807) is 0 Å². The van der Waals surface area contributed by atoms with Gasteiger partial charge in [0.05, 0.1) is 0 Å². The van der Waals surface area contributed by atoms with Gasteiger partial charge in [0.1, 0.15) is 13.2 Å². The molecule has 0 N–H and O–H groups in total. The molecule has 0 amide bonds. The summed E-state index contributed by atoms with van der Waals surface area (Å²) < 4.78 is 16.9. The molecular formula is C69H126O6. The van der Waals surface area contributed by atoms with Crippen LogP contribution in [0.1, 0.15) is 355 Å². The molecule has 0 heterocycles. The van der Waals surface area contributed by atoms with E-state index >= 15 is 0 Å². The van der Waals surface area contributed by atoms with Crippen LogP contribution in [-0.2, 0) is 28.6 Å². The fourth-order valence-corrected chi connectivity index (χ4v) is 9.80. The number of carbonyl (C=O) groups is 3. The van der Waals surface area contributed by atoms with E-state index in [1.165, 1.54) is 244 Å². The lowest BCUT2D eigenvalue weighted by Crippen LogP contribution is -2.30. The largest absolute Gasteiger partial charge is 0.462 e. The molecule has 6 heteroatoms. The van der Waals surface area contributed by atoms with Gasteiger partial charge < -0.3 is 14.2 Å². The van der Waals surface area contributed by atoms with Gasteiger partial charge in [-0.15, -0.1) is 0 Å². The van der Waals surface area contributed by atoms with Gasteiger partial charge in [-0.1, -0.05) is 301 Å². The monoisotopic (exact) mass is 1050 g/mol. The van der Waals surface area contributed by atoms with Gasteiger partial charge in [-0.25, -0.2) is 0 Å². The van der Waals surface area contributed by atoms with Gasteiger partial charge in [0, 0.05) is 19.3 Å². The third kappa shape index (κ3) is 62.1. The van der Waals surface area contributed by atoms with E-state index in [0.29, 0.717) is 19.3 Å². The number of hydrogen-bond donors (Lipinski definition) is 0. The number of esters is 3. The van der Waals surface area contributed by atoms with Gasteiger partial charge in [-0.05, 0) is 83.5 Å². The van der Waals surface area contributed by atoms with Crippen LogP contribution < -0.4 is 0 Å². The second-order valence-electron chi connectivity index (χ2n) is 22.4. The maximum absolute atomic E-state index is 12.9. The molecule has 6 nitrogen and oxygen atoms in total. The molecule has 0 spiro atoms. The molecule has 0 saturated heterocycles. The highest BCUT2D eigenvalue weighted by Crippen LogP contribution is 2.17. The quantitative estimate of drug-likeness (QED) is 0.0261. The highest BCUT2D eigenvalue weighted by molar-refractivity contribution is 5.71. The Morgan fingerprint density at radius 2 is 0.480 bits per heavy atom. The molecule has 1 unspecified atom stereocenters. The van der Waals surface area contributed by atoms with Crippen LogP contribution in [0.4, 0.5) is 0 Å². The summed E-state index contributed by atoms with van der Waals surface area (Å²) >= 11 is 0. The van der Waals surface area contributed by atoms with Gasteiger partial charge in [0.25, 0.3) is 0 Å². The maximum atomic E-state index is 12.9. The maximum Gasteiger partial charge on any atom is 0.306 e. The molecule has 0 saturated carbocycles. The van der Waals surface area contributed by atoms with Crippen LogP contribution in [0.15, 0.2) is 48.6 Å². The standard InChI is InChI=1S/C69H126O6/c1-4-7-10-13-16-18-20-22-24-26-28-30-32-33-34-35-37-38-40-42-44-46-48-50-53-56-59-62-68(71)74-65-66(64-73-67(70)61-58-55-52-15-12-9-6-3)75-69(72)63-60-57-54-51-49-47-45-43-41-39-36-31-29-27-25-23-21-19-17-14-11-8-5-2/h20-23,26-29,66H,4-19,24-25,30-65H2,1-3H3/b22-20-,23-21-,28-26-,29-27-. The van der Waals surface area contributed by atoms with Crippen molar-refractivity contribution in [3.8, 4) is 0 Å². The third-order valence-corrected chi connectivity index (χ3v) is 14.8. The van der Waals surface area contributed by atoms with Crippen molar-refractivity contribution in [1.82, 2.24) is 0 Å². The lowest BCUT2D eigenvalue weighted by Gasteiger charge is -2.18. The molecule has 438 valence electrons. The third-order valence-electron chi connectivity index (χ3n) is 14.8. The summed E-state index contributed by atoms with van der Waals surface area (Å²) in [5.74, 6) is -0.860. The molecule has 0 rings (SSSR count). The number of hydrogen-bond acceptors (Lipinski definition) is 6. The normalized spacial score (nSPS) is 12.3. The fourth-order valence-electron chi connectivity index (χ4n) is 9.80. The number of rotatable bonds is 61. The first-order valence-electron chi connectivity index (χ1n) is 33.1. The molecule has 0 aliphatic carbocycles. The fraction of sp³-hybridized carbons (Fsp3) is 0.841. The Kier molecular flexibility index (Phi) is 61.7. The van der Waals surface area contributed by atoms with Gasteiger partial charge in [-0.3, -0.25) is 14.4 Å². The summed E-state index contributed by atoms with van der Waals surface area (Å²) in [6, 6.07) is 0. The van der Waals surface area contributed by atoms with Crippen molar-refractivity contribution in [3.05, 3.63) is 48.6 Å². The summed E-state index contributed by atoms with van der Waals surface area (Å²) in [6.45, 7) is 6.62. The topological polar surface area (TPSA) is 78.9 Å². The first-order chi connectivity index (χ1) is 37.0. The van der Waals surface area contributed by atoms with Crippen LogP contribution in [0.2, 0.25) is 0 Å². The lowest BCUT2D eigenvalue weighted by atomic mass is 10.0. The molecule has 0 radical (unpaired) electrons. The first-order valence-corrected chi connectivity index (χ1v) is 33.1. The SMILES string of the molecule is CCCCCCC/C=C\C/C=C\CCCCCCCCCCCCCCCCCC(=O)OCC(COC(=O)CCCCCCCCC)OC(=O)CCCCCCCCCCCCC/C=C\C/C=C\CCCCCCC. The van der Waals surface area contributed by atoms with E-state index in [2.05, 4.69) is 69.4 Å². The van der Waals surface area contributed by atoms with Crippen molar-refractivity contribution in [1.29, 1.82) is 0 Å². The summed E-state index contributed by atoms with van der Waals surface area (Å²) in [4.78, 5) is 38.1. The van der Waals surface area contributed by atoms with Gasteiger partial charge >= 0.3 is 17.9 Å². The smallest absolute Gasteiger partial charge is 0.306 e. The Bertz CT molecular complexity index is 1300. The Labute approximate surface area is 467 Å². The summed E-state index contributed by atoms with van der Waals surface area (Å²) in [5, 5.41) is 0. The number of ether oxygens (including phenoxy) is 3. The van der Waals surface area contributed by atoms with Crippen molar-refractivity contribution in [3.63, 3.8) is 0 Å². The second-order valence-corrected chi connectivity index (χ2v) is 22.4. The molecule has 75 heavy (non-hydrogen) atoms. The van der Waals surface area contributed by atoms with Crippen LogP contribution >= 0.6 is 0 Å². The number of unbranched alkanes of at least 4 members (excludes halogenated alkanes) is 42. The van der Waals surface area contributed by atoms with E-state index in [0.717, 1.165) is 70.6 Å². The van der Waals surface area contributed by atoms with Gasteiger partial charge in [0.15, 0.2) is 6.10 Å². The predicted molar refractivity (Wildman–Crippen MR) is 325 cm³/mol. The van der Waals surface area contributed by atoms with E-state index in [1.807, 2.05) is 0 Å². The van der Waals surface area contributed by atoms with Crippen molar-refractivity contribution in [2.24, 2.45) is 0 Å². The van der Waals surface area contributed by atoms with E-state index in [-0.39, 0.29) is 31.1 Å². The Morgan fingerprint density at radius 1 is 0.267 bits per heavy atom. The Hall–Kier alpha value is -2.63. The van der Waals surface area contributed by atoms with Crippen molar-refractivity contribution >= 4 is 17.9 Å². The minimum atomic E-state index is -0.770. The zero-order chi connectivity index (χ0) is 54.3. The highest BCUT2D eigenvalue weighted by Gasteiger charge is 2.19. The van der Waals surface area contributed by atoms with Crippen molar-refractivity contribution < 1.29 is 28.6 Å². The number of carbonyl (C=O) groups excluding carboxylic acids is 3. The Morgan fingerprint density at radius 3 is 0.733 bits per heavy atom. The summed E-state index contributed by atoms with van der Waals surface area (Å²) in [6.07, 6.45) is 80.1. The molecule has 0 fully saturated rings. The van der Waals surface area contributed by atoms with Crippen LogP contribution in [0, 0.1) is 0 Å². The zero-order valence-corrected chi connectivity index (χ0v) is 50.3. The van der Waals surface area contributed by atoms with Crippen molar-refractivity contribution in [2.75, 3.05) is 13.2 Å². The van der Waals surface area contributed by atoms with Crippen molar-refractivity contribution in [2.45, 2.75) is 361 Å². The van der Waals surface area contributed by atoms with E-state index in [9.17, 15) is 14.4 Å². The molecule has 0 aliphatic heterocycles.